The highest BCUT2D eigenvalue weighted by Crippen LogP contribution is 2.57. The van der Waals surface area contributed by atoms with Crippen LogP contribution < -0.4 is 5.32 Å². The summed E-state index contributed by atoms with van der Waals surface area (Å²) in [4.78, 5) is 0. The minimum Gasteiger partial charge on any atom is -0.378 e. The van der Waals surface area contributed by atoms with Gasteiger partial charge in [0.25, 0.3) is 0 Å². The van der Waals surface area contributed by atoms with E-state index in [0.717, 1.165) is 12.6 Å². The molecule has 0 aromatic carbocycles. The van der Waals surface area contributed by atoms with E-state index in [1.54, 1.807) is 0 Å². The van der Waals surface area contributed by atoms with Gasteiger partial charge < -0.3 is 10.1 Å². The lowest BCUT2D eigenvalue weighted by Gasteiger charge is -2.61. The lowest BCUT2D eigenvalue weighted by Crippen LogP contribution is -2.67. The van der Waals surface area contributed by atoms with Crippen LogP contribution in [0.2, 0.25) is 0 Å². The van der Waals surface area contributed by atoms with Gasteiger partial charge in [0, 0.05) is 24.6 Å². The van der Waals surface area contributed by atoms with Gasteiger partial charge in [-0.3, -0.25) is 0 Å². The van der Waals surface area contributed by atoms with Crippen LogP contribution in [0.4, 0.5) is 0 Å². The maximum atomic E-state index is 5.92. The van der Waals surface area contributed by atoms with Crippen LogP contribution in [0, 0.1) is 10.8 Å². The largest absolute Gasteiger partial charge is 0.378 e. The molecule has 3 fully saturated rings. The molecule has 0 bridgehead atoms. The lowest BCUT2D eigenvalue weighted by molar-refractivity contribution is -0.173. The minimum atomic E-state index is 0.533. The predicted octanol–water partition coefficient (Wildman–Crippen LogP) is 3.50. The Morgan fingerprint density at radius 1 is 1.11 bits per heavy atom. The summed E-state index contributed by atoms with van der Waals surface area (Å²) in [6.07, 6.45) is 11.8. The molecule has 0 saturated heterocycles. The van der Waals surface area contributed by atoms with Gasteiger partial charge in [-0.25, -0.2) is 0 Å². The van der Waals surface area contributed by atoms with E-state index in [2.05, 4.69) is 19.2 Å². The van der Waals surface area contributed by atoms with Gasteiger partial charge in [-0.2, -0.15) is 0 Å². The van der Waals surface area contributed by atoms with E-state index < -0.39 is 0 Å². The fourth-order valence-electron chi connectivity index (χ4n) is 4.50. The normalized spacial score (nSPS) is 36.3. The van der Waals surface area contributed by atoms with Crippen LogP contribution in [0.15, 0.2) is 0 Å². The average molecular weight is 251 g/mol. The van der Waals surface area contributed by atoms with Crippen LogP contribution in [0.3, 0.4) is 0 Å². The van der Waals surface area contributed by atoms with E-state index in [4.69, 9.17) is 4.74 Å². The molecule has 104 valence electrons. The van der Waals surface area contributed by atoms with Crippen LogP contribution in [0.25, 0.3) is 0 Å². The predicted molar refractivity (Wildman–Crippen MR) is 74.7 cm³/mol. The molecular weight excluding hydrogens is 222 g/mol. The molecule has 0 aromatic rings. The van der Waals surface area contributed by atoms with Gasteiger partial charge in [0.15, 0.2) is 0 Å². The summed E-state index contributed by atoms with van der Waals surface area (Å²) in [5, 5.41) is 3.90. The zero-order valence-corrected chi connectivity index (χ0v) is 12.1. The monoisotopic (exact) mass is 251 g/mol. The van der Waals surface area contributed by atoms with E-state index in [-0.39, 0.29) is 0 Å². The fraction of sp³-hybridized carbons (Fsp3) is 1.00. The molecule has 0 aromatic heterocycles. The first-order valence-corrected chi connectivity index (χ1v) is 8.04. The molecule has 3 saturated carbocycles. The standard InChI is InChI=1S/C16H29NO/c1-3-18-14-11-13(16(14)9-6-10-16)17-12-15(2)7-4-5-8-15/h13-14,17H,3-12H2,1-2H3. The van der Waals surface area contributed by atoms with E-state index in [0.29, 0.717) is 16.9 Å². The van der Waals surface area contributed by atoms with Crippen LogP contribution in [0.1, 0.15) is 65.2 Å². The smallest absolute Gasteiger partial charge is 0.0661 e. The Kier molecular flexibility index (Phi) is 3.44. The van der Waals surface area contributed by atoms with Crippen molar-refractivity contribution in [3.63, 3.8) is 0 Å². The lowest BCUT2D eigenvalue weighted by atomic mass is 9.51. The van der Waals surface area contributed by atoms with Gasteiger partial charge in [-0.15, -0.1) is 0 Å². The highest BCUT2D eigenvalue weighted by Gasteiger charge is 2.58. The van der Waals surface area contributed by atoms with E-state index >= 15 is 0 Å². The van der Waals surface area contributed by atoms with Crippen molar-refractivity contribution < 1.29 is 4.74 Å². The molecule has 18 heavy (non-hydrogen) atoms. The highest BCUT2D eigenvalue weighted by atomic mass is 16.5. The van der Waals surface area contributed by atoms with Crippen molar-refractivity contribution in [2.75, 3.05) is 13.2 Å². The van der Waals surface area contributed by atoms with Gasteiger partial charge in [0.1, 0.15) is 0 Å². The van der Waals surface area contributed by atoms with Crippen LogP contribution in [-0.4, -0.2) is 25.3 Å². The van der Waals surface area contributed by atoms with E-state index in [1.807, 2.05) is 0 Å². The van der Waals surface area contributed by atoms with Crippen LogP contribution in [0.5, 0.6) is 0 Å². The van der Waals surface area contributed by atoms with Crippen molar-refractivity contribution in [1.82, 2.24) is 5.32 Å². The van der Waals surface area contributed by atoms with E-state index in [1.165, 1.54) is 57.9 Å². The van der Waals surface area contributed by atoms with Crippen molar-refractivity contribution in [2.24, 2.45) is 10.8 Å². The first kappa shape index (κ1) is 12.9. The fourth-order valence-corrected chi connectivity index (χ4v) is 4.50. The molecule has 0 aliphatic heterocycles. The first-order chi connectivity index (χ1) is 8.69. The molecule has 0 amide bonds. The molecule has 1 N–H and O–H groups in total. The van der Waals surface area contributed by atoms with Crippen LogP contribution in [-0.2, 0) is 4.74 Å². The number of ether oxygens (including phenoxy) is 1. The molecule has 0 heterocycles. The molecule has 3 aliphatic rings. The maximum absolute atomic E-state index is 5.92. The summed E-state index contributed by atoms with van der Waals surface area (Å²) in [6, 6.07) is 0.750. The van der Waals surface area contributed by atoms with Crippen molar-refractivity contribution in [3.05, 3.63) is 0 Å². The SMILES string of the molecule is CCOC1CC(NCC2(C)CCCC2)C12CCC2. The summed E-state index contributed by atoms with van der Waals surface area (Å²) in [6.45, 7) is 6.72. The van der Waals surface area contributed by atoms with Gasteiger partial charge in [-0.05, 0) is 44.4 Å². The molecule has 2 nitrogen and oxygen atoms in total. The van der Waals surface area contributed by atoms with Gasteiger partial charge in [0.2, 0.25) is 0 Å². The second-order valence-corrected chi connectivity index (χ2v) is 7.22. The van der Waals surface area contributed by atoms with Gasteiger partial charge in [0.05, 0.1) is 6.10 Å². The molecule has 2 unspecified atom stereocenters. The molecule has 3 rings (SSSR count). The Hall–Kier alpha value is -0.0800. The summed E-state index contributed by atoms with van der Waals surface area (Å²) in [5.41, 5.74) is 1.12. The topological polar surface area (TPSA) is 21.3 Å². The number of hydrogen-bond acceptors (Lipinski definition) is 2. The van der Waals surface area contributed by atoms with Gasteiger partial charge in [-0.1, -0.05) is 26.2 Å². The second kappa shape index (κ2) is 4.79. The Balaban J connectivity index is 1.52. The second-order valence-electron chi connectivity index (χ2n) is 7.22. The van der Waals surface area contributed by atoms with Crippen LogP contribution >= 0.6 is 0 Å². The first-order valence-electron chi connectivity index (χ1n) is 8.04. The molecule has 0 radical (unpaired) electrons. The third-order valence-electron chi connectivity index (χ3n) is 6.02. The minimum absolute atomic E-state index is 0.533. The Morgan fingerprint density at radius 3 is 2.39 bits per heavy atom. The Morgan fingerprint density at radius 2 is 1.83 bits per heavy atom. The van der Waals surface area contributed by atoms with Crippen molar-refractivity contribution in [3.8, 4) is 0 Å². The van der Waals surface area contributed by atoms with Crippen molar-refractivity contribution in [2.45, 2.75) is 77.4 Å². The quantitative estimate of drug-likeness (QED) is 0.807. The molecule has 3 aliphatic carbocycles. The van der Waals surface area contributed by atoms with Crippen molar-refractivity contribution >= 4 is 0 Å². The number of rotatable bonds is 5. The average Bonchev–Trinajstić information content (AvgIpc) is 2.67. The van der Waals surface area contributed by atoms with Gasteiger partial charge >= 0.3 is 0 Å². The molecule has 1 spiro atoms. The summed E-state index contributed by atoms with van der Waals surface area (Å²) < 4.78 is 5.92. The maximum Gasteiger partial charge on any atom is 0.0661 e. The molecular formula is C16H29NO. The number of hydrogen-bond donors (Lipinski definition) is 1. The zero-order chi connectivity index (χ0) is 12.6. The highest BCUT2D eigenvalue weighted by molar-refractivity contribution is 5.12. The van der Waals surface area contributed by atoms with E-state index in [9.17, 15) is 0 Å². The third kappa shape index (κ3) is 2.02. The Bertz CT molecular complexity index is 291. The molecule has 2 heteroatoms. The summed E-state index contributed by atoms with van der Waals surface area (Å²) >= 11 is 0. The van der Waals surface area contributed by atoms with Crippen molar-refractivity contribution in [1.29, 1.82) is 0 Å². The summed E-state index contributed by atoms with van der Waals surface area (Å²) in [5.74, 6) is 0. The summed E-state index contributed by atoms with van der Waals surface area (Å²) in [7, 11) is 0. The third-order valence-corrected chi connectivity index (χ3v) is 6.02. The Labute approximate surface area is 112 Å². The number of nitrogens with one attached hydrogen (secondary N) is 1. The zero-order valence-electron chi connectivity index (χ0n) is 12.1. The molecule has 2 atom stereocenters.